The van der Waals surface area contributed by atoms with E-state index in [2.05, 4.69) is 15.5 Å². The maximum atomic E-state index is 12.1. The fourth-order valence-electron chi connectivity index (χ4n) is 2.65. The molecule has 18 heavy (non-hydrogen) atoms. The van der Waals surface area contributed by atoms with Gasteiger partial charge in [0.15, 0.2) is 0 Å². The van der Waals surface area contributed by atoms with Gasteiger partial charge in [0, 0.05) is 43.5 Å². The van der Waals surface area contributed by atoms with Crippen molar-refractivity contribution in [2.45, 2.75) is 6.04 Å². The summed E-state index contributed by atoms with van der Waals surface area (Å²) >= 11 is 0. The number of carbonyl (C=O) groups is 1. The predicted octanol–water partition coefficient (Wildman–Crippen LogP) is 0.594. The monoisotopic (exact) mass is 247 g/mol. The number of nitrogens with zero attached hydrogens (tertiary/aromatic N) is 1. The van der Waals surface area contributed by atoms with Gasteiger partial charge in [-0.25, -0.2) is 0 Å². The van der Waals surface area contributed by atoms with Crippen LogP contribution in [0.1, 0.15) is 11.6 Å². The molecule has 0 saturated carbocycles. The van der Waals surface area contributed by atoms with Gasteiger partial charge in [0.2, 0.25) is 5.91 Å². The van der Waals surface area contributed by atoms with Gasteiger partial charge < -0.3 is 15.4 Å². The third-order valence-corrected chi connectivity index (χ3v) is 3.58. The number of ether oxygens (including phenoxy) is 1. The molecule has 5 heteroatoms. The molecule has 1 fully saturated rings. The number of carbonyl (C=O) groups excluding carboxylic acids is 1. The summed E-state index contributed by atoms with van der Waals surface area (Å²) in [5.74, 6) is 0.843. The second-order valence-corrected chi connectivity index (χ2v) is 4.63. The van der Waals surface area contributed by atoms with Crippen molar-refractivity contribution in [1.82, 2.24) is 10.2 Å². The Labute approximate surface area is 106 Å². The summed E-state index contributed by atoms with van der Waals surface area (Å²) in [6.45, 7) is 3.69. The lowest BCUT2D eigenvalue weighted by Crippen LogP contribution is -2.46. The molecule has 1 amide bonds. The van der Waals surface area contributed by atoms with E-state index < -0.39 is 0 Å². The molecule has 0 aliphatic carbocycles. The van der Waals surface area contributed by atoms with E-state index in [-0.39, 0.29) is 11.9 Å². The Hall–Kier alpha value is -1.59. The fourth-order valence-corrected chi connectivity index (χ4v) is 2.65. The van der Waals surface area contributed by atoms with Crippen molar-refractivity contribution in [3.63, 3.8) is 0 Å². The number of hydrogen-bond acceptors (Lipinski definition) is 4. The normalized spacial score (nSPS) is 23.6. The number of amides is 1. The van der Waals surface area contributed by atoms with Crippen molar-refractivity contribution < 1.29 is 9.53 Å². The second kappa shape index (κ2) is 4.59. The van der Waals surface area contributed by atoms with Gasteiger partial charge in [-0.2, -0.15) is 0 Å². The quantitative estimate of drug-likeness (QED) is 0.803. The van der Waals surface area contributed by atoms with Crippen molar-refractivity contribution in [2.75, 3.05) is 38.6 Å². The molecule has 0 spiro atoms. The molecule has 0 radical (unpaired) electrons. The van der Waals surface area contributed by atoms with Crippen molar-refractivity contribution in [3.8, 4) is 5.75 Å². The van der Waals surface area contributed by atoms with Crippen molar-refractivity contribution in [3.05, 3.63) is 23.8 Å². The smallest absolute Gasteiger partial charge is 0.246 e. The number of fused-ring (bicyclic) bond motifs is 1. The molecule has 0 bridgehead atoms. The standard InChI is InChI=1S/C13H17N3O2/c1-18-9-2-3-10-11(8-9)15-13(17)12(10)16-6-4-14-5-7-16/h2-3,8,12,14H,4-7H2,1H3,(H,15,17). The zero-order valence-electron chi connectivity index (χ0n) is 10.4. The average Bonchev–Trinajstić information content (AvgIpc) is 2.74. The minimum Gasteiger partial charge on any atom is -0.497 e. The van der Waals surface area contributed by atoms with E-state index in [1.807, 2.05) is 18.2 Å². The van der Waals surface area contributed by atoms with Gasteiger partial charge in [-0.3, -0.25) is 9.69 Å². The van der Waals surface area contributed by atoms with Crippen LogP contribution in [0.4, 0.5) is 5.69 Å². The highest BCUT2D eigenvalue weighted by Gasteiger charge is 2.35. The van der Waals surface area contributed by atoms with E-state index in [9.17, 15) is 4.79 Å². The Balaban J connectivity index is 1.91. The summed E-state index contributed by atoms with van der Waals surface area (Å²) in [6.07, 6.45) is 0. The third-order valence-electron chi connectivity index (χ3n) is 3.58. The number of piperazine rings is 1. The summed E-state index contributed by atoms with van der Waals surface area (Å²) in [7, 11) is 1.63. The minimum absolute atomic E-state index is 0.0696. The van der Waals surface area contributed by atoms with Crippen LogP contribution in [0.5, 0.6) is 5.75 Å². The summed E-state index contributed by atoms with van der Waals surface area (Å²) in [4.78, 5) is 14.3. The number of anilines is 1. The molecule has 2 aliphatic rings. The SMILES string of the molecule is COc1ccc2c(c1)NC(=O)C2N1CCNCC1. The van der Waals surface area contributed by atoms with Crippen LogP contribution < -0.4 is 15.4 Å². The molecule has 1 aromatic carbocycles. The summed E-state index contributed by atoms with van der Waals surface area (Å²) in [5.41, 5.74) is 1.94. The van der Waals surface area contributed by atoms with E-state index >= 15 is 0 Å². The largest absolute Gasteiger partial charge is 0.497 e. The van der Waals surface area contributed by atoms with Crippen molar-refractivity contribution in [1.29, 1.82) is 0 Å². The summed E-state index contributed by atoms with van der Waals surface area (Å²) in [6, 6.07) is 5.63. The number of methoxy groups -OCH3 is 1. The van der Waals surface area contributed by atoms with E-state index in [0.29, 0.717) is 0 Å². The molecule has 0 aromatic heterocycles. The van der Waals surface area contributed by atoms with E-state index in [4.69, 9.17) is 4.74 Å². The lowest BCUT2D eigenvalue weighted by molar-refractivity contribution is -0.121. The maximum Gasteiger partial charge on any atom is 0.246 e. The van der Waals surface area contributed by atoms with Gasteiger partial charge in [0.05, 0.1) is 7.11 Å². The highest BCUT2D eigenvalue weighted by Crippen LogP contribution is 2.37. The molecule has 1 unspecified atom stereocenters. The van der Waals surface area contributed by atoms with E-state index in [0.717, 1.165) is 43.2 Å². The van der Waals surface area contributed by atoms with Crippen molar-refractivity contribution in [2.24, 2.45) is 0 Å². The first-order valence-electron chi connectivity index (χ1n) is 6.23. The predicted molar refractivity (Wildman–Crippen MR) is 68.8 cm³/mol. The van der Waals surface area contributed by atoms with Gasteiger partial charge in [-0.05, 0) is 6.07 Å². The molecular formula is C13H17N3O2. The summed E-state index contributed by atoms with van der Waals surface area (Å²) < 4.78 is 5.18. The Morgan fingerprint density at radius 2 is 2.11 bits per heavy atom. The molecule has 2 N–H and O–H groups in total. The molecule has 2 heterocycles. The van der Waals surface area contributed by atoms with Crippen LogP contribution in [-0.2, 0) is 4.79 Å². The Morgan fingerprint density at radius 1 is 1.33 bits per heavy atom. The third kappa shape index (κ3) is 1.85. The van der Waals surface area contributed by atoms with Crippen LogP contribution in [0.15, 0.2) is 18.2 Å². The van der Waals surface area contributed by atoms with Crippen LogP contribution in [0, 0.1) is 0 Å². The first kappa shape index (κ1) is 11.5. The first-order valence-corrected chi connectivity index (χ1v) is 6.23. The van der Waals surface area contributed by atoms with Crippen LogP contribution in [0.25, 0.3) is 0 Å². The van der Waals surface area contributed by atoms with Gasteiger partial charge in [-0.15, -0.1) is 0 Å². The molecule has 5 nitrogen and oxygen atoms in total. The molecule has 1 atom stereocenters. The minimum atomic E-state index is -0.145. The fraction of sp³-hybridized carbons (Fsp3) is 0.462. The highest BCUT2D eigenvalue weighted by atomic mass is 16.5. The molecule has 1 saturated heterocycles. The number of benzene rings is 1. The number of hydrogen-bond donors (Lipinski definition) is 2. The van der Waals surface area contributed by atoms with E-state index in [1.165, 1.54) is 0 Å². The van der Waals surface area contributed by atoms with Gasteiger partial charge in [0.1, 0.15) is 11.8 Å². The van der Waals surface area contributed by atoms with Crippen LogP contribution in [0.2, 0.25) is 0 Å². The number of rotatable bonds is 2. The van der Waals surface area contributed by atoms with E-state index in [1.54, 1.807) is 7.11 Å². The Morgan fingerprint density at radius 3 is 2.83 bits per heavy atom. The van der Waals surface area contributed by atoms with Crippen molar-refractivity contribution >= 4 is 11.6 Å². The molecule has 1 aromatic rings. The Bertz CT molecular complexity index is 469. The van der Waals surface area contributed by atoms with Crippen LogP contribution >= 0.6 is 0 Å². The zero-order valence-corrected chi connectivity index (χ0v) is 10.4. The maximum absolute atomic E-state index is 12.1. The lowest BCUT2D eigenvalue weighted by Gasteiger charge is -2.31. The molecular weight excluding hydrogens is 230 g/mol. The summed E-state index contributed by atoms with van der Waals surface area (Å²) in [5, 5.41) is 6.24. The van der Waals surface area contributed by atoms with Crippen LogP contribution in [-0.4, -0.2) is 44.1 Å². The first-order chi connectivity index (χ1) is 8.79. The number of nitrogens with one attached hydrogen (secondary N) is 2. The highest BCUT2D eigenvalue weighted by molar-refractivity contribution is 6.02. The topological polar surface area (TPSA) is 53.6 Å². The second-order valence-electron chi connectivity index (χ2n) is 4.63. The van der Waals surface area contributed by atoms with Gasteiger partial charge in [0.25, 0.3) is 0 Å². The molecule has 3 rings (SSSR count). The Kier molecular flexibility index (Phi) is 2.93. The lowest BCUT2D eigenvalue weighted by atomic mass is 10.1. The van der Waals surface area contributed by atoms with Gasteiger partial charge in [-0.1, -0.05) is 6.07 Å². The molecule has 2 aliphatic heterocycles. The van der Waals surface area contributed by atoms with Gasteiger partial charge >= 0.3 is 0 Å². The molecule has 96 valence electrons. The van der Waals surface area contributed by atoms with Crippen LogP contribution in [0.3, 0.4) is 0 Å². The zero-order chi connectivity index (χ0) is 12.5. The average molecular weight is 247 g/mol.